The number of aliphatic hydroxyl groups is 1. The first-order valence-corrected chi connectivity index (χ1v) is 6.07. The first-order valence-electron chi connectivity index (χ1n) is 5.19. The lowest BCUT2D eigenvalue weighted by Crippen LogP contribution is -2.02. The Bertz CT molecular complexity index is 522. The highest BCUT2D eigenvalue weighted by Gasteiger charge is 2.20. The lowest BCUT2D eigenvalue weighted by Gasteiger charge is -2.12. The van der Waals surface area contributed by atoms with Gasteiger partial charge in [0.05, 0.1) is 12.0 Å². The molecule has 1 unspecified atom stereocenters. The first-order chi connectivity index (χ1) is 8.13. The van der Waals surface area contributed by atoms with E-state index in [9.17, 15) is 9.50 Å². The Balaban J connectivity index is 2.43. The molecule has 0 fully saturated rings. The predicted octanol–water partition coefficient (Wildman–Crippen LogP) is 3.29. The molecule has 0 aliphatic heterocycles. The van der Waals surface area contributed by atoms with Crippen LogP contribution in [0.2, 0.25) is 0 Å². The Hall–Kier alpha value is -1.39. The highest BCUT2D eigenvalue weighted by atomic mass is 32.1. The highest BCUT2D eigenvalue weighted by Crippen LogP contribution is 2.35. The topological polar surface area (TPSA) is 29.5 Å². The number of aliphatic hydroxyl groups excluding tert-OH is 1. The second-order valence-electron chi connectivity index (χ2n) is 3.78. The van der Waals surface area contributed by atoms with Crippen molar-refractivity contribution in [1.82, 2.24) is 0 Å². The van der Waals surface area contributed by atoms with Crippen molar-refractivity contribution in [2.45, 2.75) is 13.0 Å². The Kier molecular flexibility index (Phi) is 3.45. The lowest BCUT2D eigenvalue weighted by atomic mass is 10.0. The number of halogens is 1. The van der Waals surface area contributed by atoms with Gasteiger partial charge in [0.15, 0.2) is 0 Å². The van der Waals surface area contributed by atoms with Gasteiger partial charge in [-0.25, -0.2) is 4.39 Å². The average molecular weight is 252 g/mol. The quantitative estimate of drug-likeness (QED) is 0.908. The molecule has 0 saturated heterocycles. The van der Waals surface area contributed by atoms with E-state index in [-0.39, 0.29) is 5.56 Å². The molecular weight excluding hydrogens is 239 g/mol. The molecule has 0 radical (unpaired) electrons. The van der Waals surface area contributed by atoms with Crippen LogP contribution in [0.3, 0.4) is 0 Å². The van der Waals surface area contributed by atoms with Gasteiger partial charge < -0.3 is 9.84 Å². The van der Waals surface area contributed by atoms with E-state index in [1.165, 1.54) is 24.5 Å². The molecule has 1 atom stereocenters. The van der Waals surface area contributed by atoms with Gasteiger partial charge in [0.25, 0.3) is 0 Å². The number of hydrogen-bond donors (Lipinski definition) is 1. The Morgan fingerprint density at radius 1 is 1.35 bits per heavy atom. The molecule has 2 aromatic rings. The normalized spacial score (nSPS) is 12.5. The van der Waals surface area contributed by atoms with Crippen molar-refractivity contribution in [3.8, 4) is 5.75 Å². The number of aryl methyl sites for hydroxylation is 1. The van der Waals surface area contributed by atoms with Gasteiger partial charge >= 0.3 is 0 Å². The standard InChI is InChI=1S/C13H13FO2S/c1-8-3-4-10(14)9(7-8)12(15)13-11(16-2)5-6-17-13/h3-7,12,15H,1-2H3. The van der Waals surface area contributed by atoms with Crippen molar-refractivity contribution < 1.29 is 14.2 Å². The van der Waals surface area contributed by atoms with E-state index in [0.29, 0.717) is 10.6 Å². The summed E-state index contributed by atoms with van der Waals surface area (Å²) in [6.07, 6.45) is -0.982. The van der Waals surface area contributed by atoms with Crippen LogP contribution in [-0.2, 0) is 0 Å². The monoisotopic (exact) mass is 252 g/mol. The van der Waals surface area contributed by atoms with Gasteiger partial charge in [0.2, 0.25) is 0 Å². The molecule has 17 heavy (non-hydrogen) atoms. The zero-order valence-electron chi connectivity index (χ0n) is 9.61. The minimum Gasteiger partial charge on any atom is -0.495 e. The number of methoxy groups -OCH3 is 1. The fourth-order valence-electron chi connectivity index (χ4n) is 1.69. The van der Waals surface area contributed by atoms with E-state index in [4.69, 9.17) is 4.74 Å². The average Bonchev–Trinajstić information content (AvgIpc) is 2.79. The maximum absolute atomic E-state index is 13.7. The molecule has 1 heterocycles. The van der Waals surface area contributed by atoms with Crippen molar-refractivity contribution in [3.05, 3.63) is 51.5 Å². The van der Waals surface area contributed by atoms with Crippen LogP contribution < -0.4 is 4.74 Å². The molecule has 2 rings (SSSR count). The number of rotatable bonds is 3. The zero-order valence-corrected chi connectivity index (χ0v) is 10.4. The summed E-state index contributed by atoms with van der Waals surface area (Å²) < 4.78 is 18.8. The molecule has 0 aliphatic carbocycles. The molecule has 1 N–H and O–H groups in total. The van der Waals surface area contributed by atoms with Gasteiger partial charge in [0.1, 0.15) is 17.7 Å². The molecule has 2 nitrogen and oxygen atoms in total. The lowest BCUT2D eigenvalue weighted by molar-refractivity contribution is 0.214. The molecule has 0 bridgehead atoms. The summed E-state index contributed by atoms with van der Waals surface area (Å²) in [4.78, 5) is 0.622. The van der Waals surface area contributed by atoms with Gasteiger partial charge in [-0.05, 0) is 24.4 Å². The predicted molar refractivity (Wildman–Crippen MR) is 66.1 cm³/mol. The first kappa shape index (κ1) is 12.1. The molecule has 1 aromatic heterocycles. The molecule has 0 spiro atoms. The van der Waals surface area contributed by atoms with Crippen LogP contribution >= 0.6 is 11.3 Å². The van der Waals surface area contributed by atoms with E-state index in [0.717, 1.165) is 5.56 Å². The molecule has 90 valence electrons. The Morgan fingerprint density at radius 3 is 2.82 bits per heavy atom. The van der Waals surface area contributed by atoms with Crippen LogP contribution in [0.5, 0.6) is 5.75 Å². The SMILES string of the molecule is COc1ccsc1C(O)c1cc(C)ccc1F. The smallest absolute Gasteiger partial charge is 0.135 e. The molecule has 1 aromatic carbocycles. The van der Waals surface area contributed by atoms with E-state index in [1.807, 2.05) is 12.3 Å². The Morgan fingerprint density at radius 2 is 2.12 bits per heavy atom. The maximum Gasteiger partial charge on any atom is 0.135 e. The van der Waals surface area contributed by atoms with Crippen molar-refractivity contribution >= 4 is 11.3 Å². The van der Waals surface area contributed by atoms with Gasteiger partial charge in [-0.2, -0.15) is 0 Å². The van der Waals surface area contributed by atoms with Crippen LogP contribution in [0, 0.1) is 12.7 Å². The maximum atomic E-state index is 13.7. The van der Waals surface area contributed by atoms with E-state index < -0.39 is 11.9 Å². The minimum atomic E-state index is -0.982. The van der Waals surface area contributed by atoms with E-state index >= 15 is 0 Å². The van der Waals surface area contributed by atoms with Crippen molar-refractivity contribution in [3.63, 3.8) is 0 Å². The summed E-state index contributed by atoms with van der Waals surface area (Å²) in [6, 6.07) is 6.46. The molecule has 0 saturated carbocycles. The van der Waals surface area contributed by atoms with E-state index in [1.54, 1.807) is 18.2 Å². The summed E-state index contributed by atoms with van der Waals surface area (Å²) in [7, 11) is 1.53. The molecular formula is C13H13FO2S. The van der Waals surface area contributed by atoms with E-state index in [2.05, 4.69) is 0 Å². The minimum absolute atomic E-state index is 0.283. The van der Waals surface area contributed by atoms with Crippen LogP contribution in [0.1, 0.15) is 22.1 Å². The van der Waals surface area contributed by atoms with Crippen molar-refractivity contribution in [2.24, 2.45) is 0 Å². The number of hydrogen-bond acceptors (Lipinski definition) is 3. The Labute approximate surface area is 103 Å². The van der Waals surface area contributed by atoms with Gasteiger partial charge in [-0.1, -0.05) is 17.7 Å². The van der Waals surface area contributed by atoms with Crippen LogP contribution in [-0.4, -0.2) is 12.2 Å². The molecule has 0 amide bonds. The summed E-state index contributed by atoms with van der Waals surface area (Å²) in [5.74, 6) is 0.182. The van der Waals surface area contributed by atoms with Crippen LogP contribution in [0.15, 0.2) is 29.6 Å². The summed E-state index contributed by atoms with van der Waals surface area (Å²) in [5, 5.41) is 12.0. The largest absolute Gasteiger partial charge is 0.495 e. The second kappa shape index (κ2) is 4.85. The fourth-order valence-corrected chi connectivity index (χ4v) is 2.55. The van der Waals surface area contributed by atoms with Gasteiger partial charge in [0, 0.05) is 5.56 Å². The molecule has 0 aliphatic rings. The highest BCUT2D eigenvalue weighted by molar-refractivity contribution is 7.10. The molecule has 4 heteroatoms. The fraction of sp³-hybridized carbons (Fsp3) is 0.231. The summed E-state index contributed by atoms with van der Waals surface area (Å²) in [5.41, 5.74) is 1.20. The van der Waals surface area contributed by atoms with Crippen molar-refractivity contribution in [2.75, 3.05) is 7.11 Å². The second-order valence-corrected chi connectivity index (χ2v) is 4.73. The van der Waals surface area contributed by atoms with Gasteiger partial charge in [-0.3, -0.25) is 0 Å². The third-order valence-electron chi connectivity index (χ3n) is 2.57. The third kappa shape index (κ3) is 2.33. The summed E-state index contributed by atoms with van der Waals surface area (Å²) >= 11 is 1.35. The summed E-state index contributed by atoms with van der Waals surface area (Å²) in [6.45, 7) is 1.86. The number of ether oxygens (including phenoxy) is 1. The number of benzene rings is 1. The van der Waals surface area contributed by atoms with Crippen molar-refractivity contribution in [1.29, 1.82) is 0 Å². The number of thiophene rings is 1. The third-order valence-corrected chi connectivity index (χ3v) is 3.52. The van der Waals surface area contributed by atoms with Crippen LogP contribution in [0.25, 0.3) is 0 Å². The van der Waals surface area contributed by atoms with Crippen LogP contribution in [0.4, 0.5) is 4.39 Å². The zero-order chi connectivity index (χ0) is 12.4. The van der Waals surface area contributed by atoms with Gasteiger partial charge in [-0.15, -0.1) is 11.3 Å².